The molecule has 0 heterocycles. The predicted octanol–water partition coefficient (Wildman–Crippen LogP) is 2.39. The Kier molecular flexibility index (Phi) is 3.85. The number of rotatable bonds is 4. The lowest BCUT2D eigenvalue weighted by Gasteiger charge is -2.12. The lowest BCUT2D eigenvalue weighted by Crippen LogP contribution is -2.13. The van der Waals surface area contributed by atoms with Gasteiger partial charge in [-0.2, -0.15) is 0 Å². The second-order valence-electron chi connectivity index (χ2n) is 4.38. The van der Waals surface area contributed by atoms with Crippen LogP contribution in [-0.4, -0.2) is 15.5 Å². The summed E-state index contributed by atoms with van der Waals surface area (Å²) < 4.78 is 32.2. The standard InChI is InChI=1S/C14H16N2O3S/c1-10-3-8-13(14(9-10)19-2)16-20(17,18)12-6-4-11(15)5-7-12/h3-9,16H,15H2,1-2H3. The molecule has 0 bridgehead atoms. The largest absolute Gasteiger partial charge is 0.495 e. The van der Waals surface area contributed by atoms with Gasteiger partial charge in [0.25, 0.3) is 10.0 Å². The zero-order valence-electron chi connectivity index (χ0n) is 11.3. The fraction of sp³-hybridized carbons (Fsp3) is 0.143. The molecule has 0 aromatic heterocycles. The normalized spacial score (nSPS) is 11.1. The van der Waals surface area contributed by atoms with E-state index in [1.807, 2.05) is 13.0 Å². The number of ether oxygens (including phenoxy) is 1. The van der Waals surface area contributed by atoms with Gasteiger partial charge < -0.3 is 10.5 Å². The number of nitrogen functional groups attached to an aromatic ring is 1. The van der Waals surface area contributed by atoms with Gasteiger partial charge in [0.2, 0.25) is 0 Å². The van der Waals surface area contributed by atoms with Crippen molar-refractivity contribution in [1.82, 2.24) is 0 Å². The molecule has 0 saturated carbocycles. The van der Waals surface area contributed by atoms with Crippen molar-refractivity contribution in [3.63, 3.8) is 0 Å². The molecule has 0 aliphatic rings. The van der Waals surface area contributed by atoms with Crippen molar-refractivity contribution in [3.8, 4) is 5.75 Å². The topological polar surface area (TPSA) is 81.4 Å². The molecule has 0 aliphatic heterocycles. The van der Waals surface area contributed by atoms with Crippen LogP contribution < -0.4 is 15.2 Å². The van der Waals surface area contributed by atoms with Gasteiger partial charge in [-0.15, -0.1) is 0 Å². The summed E-state index contributed by atoms with van der Waals surface area (Å²) in [5, 5.41) is 0. The van der Waals surface area contributed by atoms with Crippen LogP contribution in [0.1, 0.15) is 5.56 Å². The minimum atomic E-state index is -3.66. The van der Waals surface area contributed by atoms with Gasteiger partial charge in [-0.1, -0.05) is 6.07 Å². The summed E-state index contributed by atoms with van der Waals surface area (Å²) >= 11 is 0. The smallest absolute Gasteiger partial charge is 0.262 e. The Morgan fingerprint density at radius 2 is 1.75 bits per heavy atom. The Hall–Kier alpha value is -2.21. The number of methoxy groups -OCH3 is 1. The molecule has 0 unspecified atom stereocenters. The SMILES string of the molecule is COc1cc(C)ccc1NS(=O)(=O)c1ccc(N)cc1. The van der Waals surface area contributed by atoms with E-state index in [1.165, 1.54) is 19.2 Å². The molecule has 6 heteroatoms. The summed E-state index contributed by atoms with van der Waals surface area (Å²) in [7, 11) is -2.17. The van der Waals surface area contributed by atoms with E-state index in [9.17, 15) is 8.42 Å². The summed E-state index contributed by atoms with van der Waals surface area (Å²) in [6.07, 6.45) is 0. The number of aryl methyl sites for hydroxylation is 1. The molecule has 0 spiro atoms. The molecule has 0 amide bonds. The molecule has 5 nitrogen and oxygen atoms in total. The van der Waals surface area contributed by atoms with E-state index >= 15 is 0 Å². The van der Waals surface area contributed by atoms with E-state index in [1.54, 1.807) is 24.3 Å². The number of benzene rings is 2. The van der Waals surface area contributed by atoms with Crippen molar-refractivity contribution in [1.29, 1.82) is 0 Å². The van der Waals surface area contributed by atoms with Crippen LogP contribution in [0.3, 0.4) is 0 Å². The maximum absolute atomic E-state index is 12.3. The first-order valence-corrected chi connectivity index (χ1v) is 7.44. The highest BCUT2D eigenvalue weighted by Gasteiger charge is 2.16. The summed E-state index contributed by atoms with van der Waals surface area (Å²) in [5.41, 5.74) is 7.44. The van der Waals surface area contributed by atoms with Gasteiger partial charge in [0.1, 0.15) is 5.75 Å². The van der Waals surface area contributed by atoms with Gasteiger partial charge in [-0.05, 0) is 48.9 Å². The lowest BCUT2D eigenvalue weighted by atomic mass is 10.2. The van der Waals surface area contributed by atoms with Crippen molar-refractivity contribution in [2.45, 2.75) is 11.8 Å². The highest BCUT2D eigenvalue weighted by molar-refractivity contribution is 7.92. The molecule has 106 valence electrons. The molecule has 3 N–H and O–H groups in total. The molecule has 2 aromatic carbocycles. The van der Waals surface area contributed by atoms with E-state index in [2.05, 4.69) is 4.72 Å². The molecule has 0 aliphatic carbocycles. The van der Waals surface area contributed by atoms with E-state index in [4.69, 9.17) is 10.5 Å². The minimum Gasteiger partial charge on any atom is -0.495 e. The third-order valence-electron chi connectivity index (χ3n) is 2.79. The monoisotopic (exact) mass is 292 g/mol. The van der Waals surface area contributed by atoms with Crippen molar-refractivity contribution in [3.05, 3.63) is 48.0 Å². The Morgan fingerprint density at radius 1 is 1.10 bits per heavy atom. The van der Waals surface area contributed by atoms with Crippen LogP contribution in [0, 0.1) is 6.92 Å². The number of nitrogens with two attached hydrogens (primary N) is 1. The molecule has 0 saturated heterocycles. The molecule has 0 fully saturated rings. The Labute approximate surface area is 118 Å². The zero-order chi connectivity index (χ0) is 14.8. The Morgan fingerprint density at radius 3 is 2.35 bits per heavy atom. The average molecular weight is 292 g/mol. The zero-order valence-corrected chi connectivity index (χ0v) is 12.1. The van der Waals surface area contributed by atoms with Crippen LogP contribution in [0.4, 0.5) is 11.4 Å². The molecular formula is C14H16N2O3S. The van der Waals surface area contributed by atoms with Crippen molar-refractivity contribution in [2.24, 2.45) is 0 Å². The molecule has 0 radical (unpaired) electrons. The van der Waals surface area contributed by atoms with Crippen LogP contribution in [0.2, 0.25) is 0 Å². The van der Waals surface area contributed by atoms with E-state index in [-0.39, 0.29) is 4.90 Å². The molecule has 0 atom stereocenters. The van der Waals surface area contributed by atoms with Gasteiger partial charge in [0, 0.05) is 5.69 Å². The van der Waals surface area contributed by atoms with Crippen LogP contribution in [0.5, 0.6) is 5.75 Å². The summed E-state index contributed by atoms with van der Waals surface area (Å²) in [6, 6.07) is 11.2. The lowest BCUT2D eigenvalue weighted by molar-refractivity contribution is 0.416. The first kappa shape index (κ1) is 14.2. The van der Waals surface area contributed by atoms with Crippen LogP contribution in [0.15, 0.2) is 47.4 Å². The van der Waals surface area contributed by atoms with Gasteiger partial charge in [0.05, 0.1) is 17.7 Å². The van der Waals surface area contributed by atoms with E-state index in [0.717, 1.165) is 5.56 Å². The average Bonchev–Trinajstić information content (AvgIpc) is 2.41. The second-order valence-corrected chi connectivity index (χ2v) is 6.06. The van der Waals surface area contributed by atoms with Gasteiger partial charge >= 0.3 is 0 Å². The fourth-order valence-electron chi connectivity index (χ4n) is 1.73. The third-order valence-corrected chi connectivity index (χ3v) is 4.17. The Bertz CT molecular complexity index is 710. The Balaban J connectivity index is 2.35. The third kappa shape index (κ3) is 3.03. The van der Waals surface area contributed by atoms with E-state index in [0.29, 0.717) is 17.1 Å². The highest BCUT2D eigenvalue weighted by Crippen LogP contribution is 2.27. The number of hydrogen-bond donors (Lipinski definition) is 2. The van der Waals surface area contributed by atoms with Gasteiger partial charge in [-0.25, -0.2) is 8.42 Å². The predicted molar refractivity (Wildman–Crippen MR) is 79.4 cm³/mol. The van der Waals surface area contributed by atoms with Gasteiger partial charge in [0.15, 0.2) is 0 Å². The first-order valence-electron chi connectivity index (χ1n) is 5.95. The first-order chi connectivity index (χ1) is 9.42. The number of sulfonamides is 1. The summed E-state index contributed by atoms with van der Waals surface area (Å²) in [4.78, 5) is 0.148. The molecule has 2 aromatic rings. The van der Waals surface area contributed by atoms with Crippen LogP contribution in [0.25, 0.3) is 0 Å². The molecule has 2 rings (SSSR count). The van der Waals surface area contributed by atoms with Crippen molar-refractivity contribution >= 4 is 21.4 Å². The van der Waals surface area contributed by atoms with Crippen LogP contribution >= 0.6 is 0 Å². The highest BCUT2D eigenvalue weighted by atomic mass is 32.2. The van der Waals surface area contributed by atoms with Crippen molar-refractivity contribution < 1.29 is 13.2 Å². The van der Waals surface area contributed by atoms with Crippen molar-refractivity contribution in [2.75, 3.05) is 17.6 Å². The fourth-order valence-corrected chi connectivity index (χ4v) is 2.80. The molecular weight excluding hydrogens is 276 g/mol. The molecule has 20 heavy (non-hydrogen) atoms. The maximum Gasteiger partial charge on any atom is 0.262 e. The quantitative estimate of drug-likeness (QED) is 0.848. The second kappa shape index (κ2) is 5.42. The van der Waals surface area contributed by atoms with E-state index < -0.39 is 10.0 Å². The van der Waals surface area contributed by atoms with Crippen LogP contribution in [-0.2, 0) is 10.0 Å². The maximum atomic E-state index is 12.3. The summed E-state index contributed by atoms with van der Waals surface area (Å²) in [6.45, 7) is 1.90. The number of anilines is 2. The van der Waals surface area contributed by atoms with Gasteiger partial charge in [-0.3, -0.25) is 4.72 Å². The minimum absolute atomic E-state index is 0.148. The number of hydrogen-bond acceptors (Lipinski definition) is 4. The summed E-state index contributed by atoms with van der Waals surface area (Å²) in [5.74, 6) is 0.476. The number of nitrogens with one attached hydrogen (secondary N) is 1.